The second-order valence-corrected chi connectivity index (χ2v) is 5.71. The van der Waals surface area contributed by atoms with Gasteiger partial charge in [0.2, 0.25) is 5.91 Å². The zero-order valence-corrected chi connectivity index (χ0v) is 13.5. The van der Waals surface area contributed by atoms with Gasteiger partial charge >= 0.3 is 0 Å². The Labute approximate surface area is 134 Å². The predicted molar refractivity (Wildman–Crippen MR) is 83.7 cm³/mol. The smallest absolute Gasteiger partial charge is 0.245 e. The number of nitriles is 1. The molecule has 0 saturated carbocycles. The van der Waals surface area contributed by atoms with Crippen molar-refractivity contribution >= 4 is 29.1 Å². The van der Waals surface area contributed by atoms with Gasteiger partial charge in [0.15, 0.2) is 0 Å². The average molecular weight is 327 g/mol. The summed E-state index contributed by atoms with van der Waals surface area (Å²) in [5, 5.41) is 12.4. The van der Waals surface area contributed by atoms with Crippen LogP contribution in [0.15, 0.2) is 24.3 Å². The molecule has 0 heterocycles. The number of carbonyl (C=O) groups excluding carboxylic acids is 1. The van der Waals surface area contributed by atoms with E-state index in [0.29, 0.717) is 15.8 Å². The Morgan fingerprint density at radius 2 is 2.14 bits per heavy atom. The third kappa shape index (κ3) is 5.30. The van der Waals surface area contributed by atoms with E-state index < -0.39 is 5.54 Å². The second kappa shape index (κ2) is 7.35. The van der Waals surface area contributed by atoms with E-state index in [9.17, 15) is 4.79 Å². The second-order valence-electron chi connectivity index (χ2n) is 4.92. The number of carbonyl (C=O) groups is 1. The van der Waals surface area contributed by atoms with Crippen LogP contribution in [0.1, 0.15) is 19.4 Å². The molecule has 0 radical (unpaired) electrons. The normalized spacial score (nSPS) is 11.2. The van der Waals surface area contributed by atoms with Crippen LogP contribution in [0.4, 0.5) is 0 Å². The molecule has 0 aliphatic heterocycles. The third-order valence-corrected chi connectivity index (χ3v) is 3.48. The Bertz CT molecular complexity index is 604. The van der Waals surface area contributed by atoms with E-state index in [-0.39, 0.29) is 12.5 Å². The van der Waals surface area contributed by atoms with Crippen molar-refractivity contribution in [2.45, 2.75) is 26.3 Å². The van der Waals surface area contributed by atoms with Gasteiger partial charge in [-0.25, -0.2) is 0 Å². The van der Waals surface area contributed by atoms with Crippen LogP contribution in [0.5, 0.6) is 5.75 Å². The molecule has 21 heavy (non-hydrogen) atoms. The van der Waals surface area contributed by atoms with Gasteiger partial charge in [-0.1, -0.05) is 23.2 Å². The fourth-order valence-electron chi connectivity index (χ4n) is 1.42. The molecule has 0 bridgehead atoms. The van der Waals surface area contributed by atoms with E-state index in [4.69, 9.17) is 33.2 Å². The highest BCUT2D eigenvalue weighted by Crippen LogP contribution is 2.32. The van der Waals surface area contributed by atoms with Crippen LogP contribution in [0.2, 0.25) is 10.0 Å². The number of hydrogen-bond donors (Lipinski definition) is 1. The van der Waals surface area contributed by atoms with Crippen LogP contribution >= 0.6 is 23.2 Å². The Hall–Kier alpha value is -1.70. The summed E-state index contributed by atoms with van der Waals surface area (Å²) in [7, 11) is 0. The lowest BCUT2D eigenvalue weighted by Gasteiger charge is -2.15. The van der Waals surface area contributed by atoms with Crippen LogP contribution in [0.25, 0.3) is 0 Å². The number of rotatable bonds is 5. The van der Waals surface area contributed by atoms with Crippen molar-refractivity contribution < 1.29 is 9.53 Å². The van der Waals surface area contributed by atoms with E-state index in [1.807, 2.05) is 6.07 Å². The molecule has 6 heteroatoms. The number of halogens is 2. The minimum absolute atomic E-state index is 0.182. The maximum absolute atomic E-state index is 11.5. The van der Waals surface area contributed by atoms with E-state index in [1.54, 1.807) is 39.0 Å². The molecule has 1 aromatic rings. The summed E-state index contributed by atoms with van der Waals surface area (Å²) in [5.74, 6) is 0.143. The van der Waals surface area contributed by atoms with E-state index in [0.717, 1.165) is 5.56 Å². The van der Waals surface area contributed by atoms with Gasteiger partial charge in [0.05, 0.1) is 11.1 Å². The van der Waals surface area contributed by atoms with Gasteiger partial charge < -0.3 is 10.1 Å². The molecule has 0 atom stereocenters. The molecule has 0 aromatic heterocycles. The quantitative estimate of drug-likeness (QED) is 0.840. The molecule has 1 amide bonds. The molecule has 1 aromatic carbocycles. The molecule has 112 valence electrons. The van der Waals surface area contributed by atoms with Gasteiger partial charge in [-0.05, 0) is 44.5 Å². The van der Waals surface area contributed by atoms with E-state index >= 15 is 0 Å². The molecular weight excluding hydrogens is 311 g/mol. The minimum Gasteiger partial charge on any atom is -0.488 e. The highest BCUT2D eigenvalue weighted by atomic mass is 35.5. The largest absolute Gasteiger partial charge is 0.488 e. The fourth-order valence-corrected chi connectivity index (χ4v) is 1.84. The standard InChI is InChI=1S/C15H16Cl2N2O2/c1-10-11(16)6-7-12(14(10)17)21-8-4-5-13(20)19-15(2,3)9-18/h4-7H,8H2,1-3H3,(H,19,20)/b5-4+. The van der Waals surface area contributed by atoms with Crippen molar-refractivity contribution in [1.82, 2.24) is 5.32 Å². The summed E-state index contributed by atoms with van der Waals surface area (Å²) >= 11 is 12.0. The zero-order chi connectivity index (χ0) is 16.0. The summed E-state index contributed by atoms with van der Waals surface area (Å²) in [6.07, 6.45) is 2.86. The number of benzene rings is 1. The third-order valence-electron chi connectivity index (χ3n) is 2.60. The highest BCUT2D eigenvalue weighted by molar-refractivity contribution is 6.36. The lowest BCUT2D eigenvalue weighted by atomic mass is 10.1. The molecule has 0 saturated heterocycles. The molecule has 0 aliphatic rings. The van der Waals surface area contributed by atoms with Crippen molar-refractivity contribution in [3.05, 3.63) is 39.9 Å². The minimum atomic E-state index is -0.904. The van der Waals surface area contributed by atoms with Gasteiger partial charge in [0.1, 0.15) is 17.9 Å². The number of amides is 1. The van der Waals surface area contributed by atoms with E-state index in [1.165, 1.54) is 6.08 Å². The number of ether oxygens (including phenoxy) is 1. The zero-order valence-electron chi connectivity index (χ0n) is 12.0. The first kappa shape index (κ1) is 17.4. The predicted octanol–water partition coefficient (Wildman–Crippen LogP) is 3.66. The van der Waals surface area contributed by atoms with Crippen LogP contribution in [0, 0.1) is 18.3 Å². The average Bonchev–Trinajstić information content (AvgIpc) is 2.42. The summed E-state index contributed by atoms with van der Waals surface area (Å²) in [4.78, 5) is 11.5. The van der Waals surface area contributed by atoms with Crippen molar-refractivity contribution in [3.8, 4) is 11.8 Å². The first-order chi connectivity index (χ1) is 9.76. The molecule has 1 rings (SSSR count). The molecule has 4 nitrogen and oxygen atoms in total. The first-order valence-corrected chi connectivity index (χ1v) is 7.00. The van der Waals surface area contributed by atoms with Crippen LogP contribution in [-0.4, -0.2) is 18.1 Å². The van der Waals surface area contributed by atoms with Crippen molar-refractivity contribution in [1.29, 1.82) is 5.26 Å². The first-order valence-electron chi connectivity index (χ1n) is 6.24. The lowest BCUT2D eigenvalue weighted by molar-refractivity contribution is -0.117. The topological polar surface area (TPSA) is 62.1 Å². The number of nitrogens with zero attached hydrogens (tertiary/aromatic N) is 1. The SMILES string of the molecule is Cc1c(Cl)ccc(OC/C=C/C(=O)NC(C)(C)C#N)c1Cl. The van der Waals surface area contributed by atoms with Gasteiger partial charge in [0, 0.05) is 11.1 Å². The molecule has 0 unspecified atom stereocenters. The van der Waals surface area contributed by atoms with Crippen LogP contribution in [-0.2, 0) is 4.79 Å². The van der Waals surface area contributed by atoms with E-state index in [2.05, 4.69) is 5.32 Å². The molecule has 1 N–H and O–H groups in total. The van der Waals surface area contributed by atoms with Crippen LogP contribution < -0.4 is 10.1 Å². The van der Waals surface area contributed by atoms with Gasteiger partial charge in [-0.15, -0.1) is 0 Å². The molecule has 0 aliphatic carbocycles. The van der Waals surface area contributed by atoms with Gasteiger partial charge in [0.25, 0.3) is 0 Å². The van der Waals surface area contributed by atoms with Crippen molar-refractivity contribution in [3.63, 3.8) is 0 Å². The Balaban J connectivity index is 2.55. The number of nitrogens with one attached hydrogen (secondary N) is 1. The maximum Gasteiger partial charge on any atom is 0.245 e. The van der Waals surface area contributed by atoms with Gasteiger partial charge in [-0.3, -0.25) is 4.79 Å². The Kier molecular flexibility index (Phi) is 6.07. The summed E-state index contributed by atoms with van der Waals surface area (Å²) < 4.78 is 5.46. The fraction of sp³-hybridized carbons (Fsp3) is 0.333. The summed E-state index contributed by atoms with van der Waals surface area (Å²) in [6, 6.07) is 5.35. The molecule has 0 fully saturated rings. The van der Waals surface area contributed by atoms with Crippen molar-refractivity contribution in [2.75, 3.05) is 6.61 Å². The molecular formula is C15H16Cl2N2O2. The van der Waals surface area contributed by atoms with Gasteiger partial charge in [-0.2, -0.15) is 5.26 Å². The summed E-state index contributed by atoms with van der Waals surface area (Å²) in [5.41, 5.74) is -0.160. The Morgan fingerprint density at radius 3 is 2.76 bits per heavy atom. The Morgan fingerprint density at radius 1 is 1.48 bits per heavy atom. The van der Waals surface area contributed by atoms with Crippen molar-refractivity contribution in [2.24, 2.45) is 0 Å². The maximum atomic E-state index is 11.5. The lowest BCUT2D eigenvalue weighted by Crippen LogP contribution is -2.41. The monoisotopic (exact) mass is 326 g/mol. The van der Waals surface area contributed by atoms with Crippen LogP contribution in [0.3, 0.4) is 0 Å². The highest BCUT2D eigenvalue weighted by Gasteiger charge is 2.17. The number of hydrogen-bond acceptors (Lipinski definition) is 3. The summed E-state index contributed by atoms with van der Waals surface area (Å²) in [6.45, 7) is 5.21. The molecule has 0 spiro atoms.